The maximum Gasteiger partial charge on any atom is 0.416 e. The summed E-state index contributed by atoms with van der Waals surface area (Å²) in [5, 5.41) is 9.87. The zero-order chi connectivity index (χ0) is 21.7. The highest BCUT2D eigenvalue weighted by molar-refractivity contribution is 5.52. The Kier molecular flexibility index (Phi) is 6.62. The van der Waals surface area contributed by atoms with E-state index in [2.05, 4.69) is 0 Å². The third-order valence-corrected chi connectivity index (χ3v) is 4.38. The Hall–Kier alpha value is -3.06. The number of para-hydroxylation sites is 1. The number of rotatable bonds is 7. The van der Waals surface area contributed by atoms with E-state index >= 15 is 0 Å². The average molecular weight is 419 g/mol. The SMILES string of the molecule is C[C@H](O)CN(Cc1cc(C(F)(F)F)ccc1F)c1cccc(Oc2ccccc2)c1. The van der Waals surface area contributed by atoms with E-state index in [1.807, 2.05) is 18.2 Å². The van der Waals surface area contributed by atoms with Gasteiger partial charge in [0.15, 0.2) is 0 Å². The number of ether oxygens (including phenoxy) is 1. The van der Waals surface area contributed by atoms with E-state index in [-0.39, 0.29) is 18.7 Å². The Balaban J connectivity index is 1.89. The van der Waals surface area contributed by atoms with Crippen LogP contribution in [-0.2, 0) is 12.7 Å². The number of hydrogen-bond acceptors (Lipinski definition) is 3. The van der Waals surface area contributed by atoms with Gasteiger partial charge in [-0.3, -0.25) is 0 Å². The minimum Gasteiger partial charge on any atom is -0.457 e. The molecule has 158 valence electrons. The molecular formula is C23H21F4NO2. The third kappa shape index (κ3) is 5.73. The van der Waals surface area contributed by atoms with Gasteiger partial charge in [0, 0.05) is 30.4 Å². The number of anilines is 1. The first-order valence-corrected chi connectivity index (χ1v) is 9.34. The molecule has 0 aliphatic heterocycles. The lowest BCUT2D eigenvalue weighted by Gasteiger charge is -2.27. The number of aliphatic hydroxyl groups is 1. The van der Waals surface area contributed by atoms with Crippen LogP contribution >= 0.6 is 0 Å². The summed E-state index contributed by atoms with van der Waals surface area (Å²) >= 11 is 0. The molecule has 0 aliphatic rings. The lowest BCUT2D eigenvalue weighted by Crippen LogP contribution is -2.31. The fraction of sp³-hybridized carbons (Fsp3) is 0.217. The minimum absolute atomic E-state index is 0.102. The summed E-state index contributed by atoms with van der Waals surface area (Å²) in [4.78, 5) is 1.61. The molecule has 0 aromatic heterocycles. The van der Waals surface area contributed by atoms with E-state index in [9.17, 15) is 22.7 Å². The van der Waals surface area contributed by atoms with Crippen LogP contribution in [0, 0.1) is 5.82 Å². The van der Waals surface area contributed by atoms with Gasteiger partial charge in [0.25, 0.3) is 0 Å². The van der Waals surface area contributed by atoms with E-state index in [0.29, 0.717) is 23.3 Å². The quantitative estimate of drug-likeness (QED) is 0.475. The van der Waals surface area contributed by atoms with Gasteiger partial charge in [0.1, 0.15) is 17.3 Å². The van der Waals surface area contributed by atoms with Crippen LogP contribution in [0.5, 0.6) is 11.5 Å². The van der Waals surface area contributed by atoms with Gasteiger partial charge >= 0.3 is 6.18 Å². The van der Waals surface area contributed by atoms with Crippen molar-refractivity contribution in [3.63, 3.8) is 0 Å². The molecule has 0 bridgehead atoms. The van der Waals surface area contributed by atoms with Crippen LogP contribution in [0.2, 0.25) is 0 Å². The van der Waals surface area contributed by atoms with Crippen molar-refractivity contribution >= 4 is 5.69 Å². The molecule has 3 aromatic rings. The number of alkyl halides is 3. The molecule has 0 unspecified atom stereocenters. The van der Waals surface area contributed by atoms with E-state index < -0.39 is 23.7 Å². The summed E-state index contributed by atoms with van der Waals surface area (Å²) in [6.45, 7) is 1.51. The molecule has 0 fully saturated rings. The Labute approximate surface area is 172 Å². The highest BCUT2D eigenvalue weighted by atomic mass is 19.4. The molecule has 30 heavy (non-hydrogen) atoms. The number of halogens is 4. The third-order valence-electron chi connectivity index (χ3n) is 4.38. The summed E-state index contributed by atoms with van der Waals surface area (Å²) in [5.41, 5.74) is -0.446. The first-order chi connectivity index (χ1) is 14.2. The number of hydrogen-bond donors (Lipinski definition) is 1. The summed E-state index contributed by atoms with van der Waals surface area (Å²) in [6, 6.07) is 18.3. The van der Waals surface area contributed by atoms with Gasteiger partial charge in [-0.15, -0.1) is 0 Å². The van der Waals surface area contributed by atoms with E-state index in [4.69, 9.17) is 4.74 Å². The standard InChI is InChI=1S/C23H21F4NO2/c1-16(29)14-28(15-17-12-18(23(25,26)27)10-11-22(17)24)19-6-5-9-21(13-19)30-20-7-3-2-4-8-20/h2-13,16,29H,14-15H2,1H3/t16-/m0/s1. The van der Waals surface area contributed by atoms with Crippen LogP contribution in [0.25, 0.3) is 0 Å². The summed E-state index contributed by atoms with van der Waals surface area (Å²) < 4.78 is 59.2. The van der Waals surface area contributed by atoms with E-state index in [1.165, 1.54) is 0 Å². The van der Waals surface area contributed by atoms with Crippen molar-refractivity contribution in [1.82, 2.24) is 0 Å². The normalized spacial score (nSPS) is 12.5. The lowest BCUT2D eigenvalue weighted by molar-refractivity contribution is -0.137. The molecule has 0 heterocycles. The molecule has 3 nitrogen and oxygen atoms in total. The van der Waals surface area contributed by atoms with Gasteiger partial charge in [-0.1, -0.05) is 24.3 Å². The maximum absolute atomic E-state index is 14.3. The summed E-state index contributed by atoms with van der Waals surface area (Å²) in [5.74, 6) is 0.398. The fourth-order valence-electron chi connectivity index (χ4n) is 3.03. The first kappa shape index (κ1) is 21.6. The molecule has 1 N–H and O–H groups in total. The zero-order valence-electron chi connectivity index (χ0n) is 16.2. The van der Waals surface area contributed by atoms with Crippen LogP contribution in [0.1, 0.15) is 18.1 Å². The molecule has 0 saturated heterocycles. The van der Waals surface area contributed by atoms with Gasteiger partial charge in [-0.2, -0.15) is 13.2 Å². The maximum atomic E-state index is 14.3. The fourth-order valence-corrected chi connectivity index (χ4v) is 3.03. The van der Waals surface area contributed by atoms with Crippen molar-refractivity contribution in [2.24, 2.45) is 0 Å². The van der Waals surface area contributed by atoms with Gasteiger partial charge in [0.2, 0.25) is 0 Å². The van der Waals surface area contributed by atoms with Crippen molar-refractivity contribution in [2.75, 3.05) is 11.4 Å². The van der Waals surface area contributed by atoms with Crippen molar-refractivity contribution in [3.8, 4) is 11.5 Å². The second kappa shape index (κ2) is 9.17. The molecule has 0 saturated carbocycles. The van der Waals surface area contributed by atoms with Crippen molar-refractivity contribution in [1.29, 1.82) is 0 Å². The number of aliphatic hydroxyl groups excluding tert-OH is 1. The molecule has 1 atom stereocenters. The van der Waals surface area contributed by atoms with Gasteiger partial charge in [-0.05, 0) is 49.4 Å². The highest BCUT2D eigenvalue weighted by Gasteiger charge is 2.31. The van der Waals surface area contributed by atoms with Crippen LogP contribution in [0.3, 0.4) is 0 Å². The van der Waals surface area contributed by atoms with Gasteiger partial charge in [0.05, 0.1) is 11.7 Å². The van der Waals surface area contributed by atoms with Crippen molar-refractivity contribution < 1.29 is 27.4 Å². The molecule has 0 spiro atoms. The lowest BCUT2D eigenvalue weighted by atomic mass is 10.1. The molecule has 0 aliphatic carbocycles. The van der Waals surface area contributed by atoms with Gasteiger partial charge in [-0.25, -0.2) is 4.39 Å². The second-order valence-corrected chi connectivity index (χ2v) is 6.95. The minimum atomic E-state index is -4.57. The average Bonchev–Trinajstić information content (AvgIpc) is 2.69. The topological polar surface area (TPSA) is 32.7 Å². The van der Waals surface area contributed by atoms with Crippen LogP contribution in [0.15, 0.2) is 72.8 Å². The predicted molar refractivity (Wildman–Crippen MR) is 107 cm³/mol. The van der Waals surface area contributed by atoms with Gasteiger partial charge < -0.3 is 14.7 Å². The summed E-state index contributed by atoms with van der Waals surface area (Å²) in [6.07, 6.45) is -5.35. The molecule has 0 amide bonds. The molecule has 3 aromatic carbocycles. The smallest absolute Gasteiger partial charge is 0.416 e. The van der Waals surface area contributed by atoms with Crippen LogP contribution in [0.4, 0.5) is 23.2 Å². The number of nitrogens with zero attached hydrogens (tertiary/aromatic N) is 1. The van der Waals surface area contributed by atoms with E-state index in [1.54, 1.807) is 48.2 Å². The van der Waals surface area contributed by atoms with Crippen molar-refractivity contribution in [3.05, 3.63) is 89.7 Å². The highest BCUT2D eigenvalue weighted by Crippen LogP contribution is 2.32. The van der Waals surface area contributed by atoms with E-state index in [0.717, 1.165) is 12.1 Å². The zero-order valence-corrected chi connectivity index (χ0v) is 16.2. The Morgan fingerprint density at radius 3 is 2.30 bits per heavy atom. The van der Waals surface area contributed by atoms with Crippen LogP contribution in [-0.4, -0.2) is 17.8 Å². The first-order valence-electron chi connectivity index (χ1n) is 9.34. The summed E-state index contributed by atoms with van der Waals surface area (Å²) in [7, 11) is 0. The second-order valence-electron chi connectivity index (χ2n) is 6.95. The molecule has 3 rings (SSSR count). The molecular weight excluding hydrogens is 398 g/mol. The molecule has 7 heteroatoms. The Bertz CT molecular complexity index is 974. The molecule has 0 radical (unpaired) electrons. The monoisotopic (exact) mass is 419 g/mol. The Morgan fingerprint density at radius 2 is 1.63 bits per heavy atom. The van der Waals surface area contributed by atoms with Crippen LogP contribution < -0.4 is 9.64 Å². The van der Waals surface area contributed by atoms with Crippen molar-refractivity contribution in [2.45, 2.75) is 25.7 Å². The predicted octanol–water partition coefficient (Wildman–Crippen LogP) is 6.02. The number of benzene rings is 3. The Morgan fingerprint density at radius 1 is 0.933 bits per heavy atom. The largest absolute Gasteiger partial charge is 0.457 e.